The number of nitrogens with one attached hydrogen (secondary N) is 1. The molecule has 1 aromatic rings. The number of rotatable bonds is 5. The summed E-state index contributed by atoms with van der Waals surface area (Å²) >= 11 is 0. The molecule has 1 unspecified atom stereocenters. The van der Waals surface area contributed by atoms with Crippen LogP contribution in [0.5, 0.6) is 5.75 Å². The van der Waals surface area contributed by atoms with Crippen LogP contribution in [0.3, 0.4) is 0 Å². The summed E-state index contributed by atoms with van der Waals surface area (Å²) in [6.07, 6.45) is 3.78. The standard InChI is InChI=1S/C14H21NO3S/c1-18-14-7-3-5-11-12(14)8-9-15-13(11)6-4-10-19(2,16)17/h3,5,7,13,15H,4,6,8-10H2,1-2H3. The highest BCUT2D eigenvalue weighted by Gasteiger charge is 2.22. The van der Waals surface area contributed by atoms with E-state index in [1.165, 1.54) is 17.4 Å². The molecule has 0 spiro atoms. The van der Waals surface area contributed by atoms with Crippen molar-refractivity contribution in [3.8, 4) is 5.75 Å². The second kappa shape index (κ2) is 5.92. The second-order valence-corrected chi connectivity index (χ2v) is 7.32. The molecule has 0 saturated carbocycles. The molecule has 0 aliphatic carbocycles. The van der Waals surface area contributed by atoms with Gasteiger partial charge in [-0.15, -0.1) is 0 Å². The van der Waals surface area contributed by atoms with Crippen molar-refractivity contribution in [1.29, 1.82) is 0 Å². The third-order valence-electron chi connectivity index (χ3n) is 3.54. The molecule has 1 heterocycles. The zero-order valence-corrected chi connectivity index (χ0v) is 12.3. The Hall–Kier alpha value is -1.07. The maximum absolute atomic E-state index is 11.2. The van der Waals surface area contributed by atoms with Gasteiger partial charge in [0.1, 0.15) is 15.6 Å². The lowest BCUT2D eigenvalue weighted by atomic mass is 9.91. The minimum absolute atomic E-state index is 0.237. The molecule has 2 rings (SSSR count). The third kappa shape index (κ3) is 3.70. The van der Waals surface area contributed by atoms with E-state index in [9.17, 15) is 8.42 Å². The molecular weight excluding hydrogens is 262 g/mol. The molecule has 4 nitrogen and oxygen atoms in total. The van der Waals surface area contributed by atoms with Crippen LogP contribution in [0, 0.1) is 0 Å². The van der Waals surface area contributed by atoms with Crippen LogP contribution in [0.15, 0.2) is 18.2 Å². The summed E-state index contributed by atoms with van der Waals surface area (Å²) in [6.45, 7) is 0.914. The lowest BCUT2D eigenvalue weighted by Gasteiger charge is -2.28. The van der Waals surface area contributed by atoms with Gasteiger partial charge in [-0.25, -0.2) is 8.42 Å². The minimum atomic E-state index is -2.87. The van der Waals surface area contributed by atoms with E-state index in [2.05, 4.69) is 11.4 Å². The summed E-state index contributed by atoms with van der Waals surface area (Å²) in [7, 11) is -1.18. The van der Waals surface area contributed by atoms with E-state index in [1.807, 2.05) is 12.1 Å². The average molecular weight is 283 g/mol. The molecule has 0 fully saturated rings. The first kappa shape index (κ1) is 14.3. The Labute approximate surface area is 115 Å². The summed E-state index contributed by atoms with van der Waals surface area (Å²) < 4.78 is 27.8. The Morgan fingerprint density at radius 1 is 1.42 bits per heavy atom. The summed E-state index contributed by atoms with van der Waals surface area (Å²) in [5.74, 6) is 1.19. The van der Waals surface area contributed by atoms with Gasteiger partial charge in [0.25, 0.3) is 0 Å². The highest BCUT2D eigenvalue weighted by atomic mass is 32.2. The summed E-state index contributed by atoms with van der Waals surface area (Å²) in [5, 5.41) is 3.46. The first-order valence-electron chi connectivity index (χ1n) is 6.58. The molecule has 0 aromatic heterocycles. The van der Waals surface area contributed by atoms with Crippen LogP contribution in [-0.2, 0) is 16.3 Å². The van der Waals surface area contributed by atoms with Gasteiger partial charge in [-0.2, -0.15) is 0 Å². The SMILES string of the molecule is COc1cccc2c1CCNC2CCCS(C)(=O)=O. The van der Waals surface area contributed by atoms with Crippen molar-refractivity contribution in [3.63, 3.8) is 0 Å². The molecular formula is C14H21NO3S. The number of fused-ring (bicyclic) bond motifs is 1. The molecule has 5 heteroatoms. The van der Waals surface area contributed by atoms with Crippen molar-refractivity contribution in [3.05, 3.63) is 29.3 Å². The van der Waals surface area contributed by atoms with Crippen LogP contribution < -0.4 is 10.1 Å². The van der Waals surface area contributed by atoms with Gasteiger partial charge in [0.2, 0.25) is 0 Å². The predicted molar refractivity (Wildman–Crippen MR) is 76.4 cm³/mol. The quantitative estimate of drug-likeness (QED) is 0.894. The highest BCUT2D eigenvalue weighted by Crippen LogP contribution is 2.32. The topological polar surface area (TPSA) is 55.4 Å². The smallest absolute Gasteiger partial charge is 0.147 e. The Bertz CT molecular complexity index is 540. The van der Waals surface area contributed by atoms with Crippen molar-refractivity contribution >= 4 is 9.84 Å². The molecule has 1 aromatic carbocycles. The van der Waals surface area contributed by atoms with Gasteiger partial charge in [0, 0.05) is 23.6 Å². The van der Waals surface area contributed by atoms with Crippen LogP contribution in [0.1, 0.15) is 30.0 Å². The molecule has 1 N–H and O–H groups in total. The molecule has 1 aliphatic heterocycles. The largest absolute Gasteiger partial charge is 0.496 e. The first-order valence-corrected chi connectivity index (χ1v) is 8.64. The molecule has 1 atom stereocenters. The van der Waals surface area contributed by atoms with E-state index in [4.69, 9.17) is 4.74 Å². The van der Waals surface area contributed by atoms with E-state index in [0.29, 0.717) is 6.42 Å². The minimum Gasteiger partial charge on any atom is -0.496 e. The van der Waals surface area contributed by atoms with E-state index >= 15 is 0 Å². The predicted octanol–water partition coefficient (Wildman–Crippen LogP) is 1.71. The third-order valence-corrected chi connectivity index (χ3v) is 4.57. The van der Waals surface area contributed by atoms with Gasteiger partial charge in [-0.05, 0) is 37.4 Å². The maximum atomic E-state index is 11.2. The number of ether oxygens (including phenoxy) is 1. The number of hydrogen-bond acceptors (Lipinski definition) is 4. The highest BCUT2D eigenvalue weighted by molar-refractivity contribution is 7.90. The van der Waals surface area contributed by atoms with Gasteiger partial charge < -0.3 is 10.1 Å². The number of hydrogen-bond donors (Lipinski definition) is 1. The van der Waals surface area contributed by atoms with Gasteiger partial charge in [-0.3, -0.25) is 0 Å². The fourth-order valence-electron chi connectivity index (χ4n) is 2.66. The van der Waals surface area contributed by atoms with E-state index in [1.54, 1.807) is 7.11 Å². The fourth-order valence-corrected chi connectivity index (χ4v) is 3.35. The molecule has 106 valence electrons. The normalized spacial score (nSPS) is 18.9. The summed E-state index contributed by atoms with van der Waals surface area (Å²) in [4.78, 5) is 0. The van der Waals surface area contributed by atoms with Gasteiger partial charge in [0.15, 0.2) is 0 Å². The number of benzene rings is 1. The van der Waals surface area contributed by atoms with Crippen molar-refractivity contribution in [2.45, 2.75) is 25.3 Å². The van der Waals surface area contributed by atoms with E-state index in [0.717, 1.165) is 25.1 Å². The Balaban J connectivity index is 2.10. The van der Waals surface area contributed by atoms with E-state index < -0.39 is 9.84 Å². The van der Waals surface area contributed by atoms with Crippen molar-refractivity contribution in [2.24, 2.45) is 0 Å². The zero-order chi connectivity index (χ0) is 13.9. The van der Waals surface area contributed by atoms with Crippen LogP contribution in [0.2, 0.25) is 0 Å². The van der Waals surface area contributed by atoms with Gasteiger partial charge >= 0.3 is 0 Å². The Morgan fingerprint density at radius 2 is 2.21 bits per heavy atom. The number of sulfone groups is 1. The lowest BCUT2D eigenvalue weighted by molar-refractivity contribution is 0.397. The molecule has 0 radical (unpaired) electrons. The van der Waals surface area contributed by atoms with Crippen LogP contribution in [0.4, 0.5) is 0 Å². The molecule has 1 aliphatic rings. The Kier molecular flexibility index (Phi) is 4.47. The fraction of sp³-hybridized carbons (Fsp3) is 0.571. The van der Waals surface area contributed by atoms with Crippen LogP contribution >= 0.6 is 0 Å². The van der Waals surface area contributed by atoms with Crippen LogP contribution in [-0.4, -0.2) is 34.1 Å². The van der Waals surface area contributed by atoms with Gasteiger partial charge in [0.05, 0.1) is 7.11 Å². The number of methoxy groups -OCH3 is 1. The second-order valence-electron chi connectivity index (χ2n) is 5.06. The lowest BCUT2D eigenvalue weighted by Crippen LogP contribution is -2.30. The first-order chi connectivity index (χ1) is 9.01. The molecule has 19 heavy (non-hydrogen) atoms. The van der Waals surface area contributed by atoms with Gasteiger partial charge in [-0.1, -0.05) is 12.1 Å². The zero-order valence-electron chi connectivity index (χ0n) is 11.5. The van der Waals surface area contributed by atoms with Crippen LogP contribution in [0.25, 0.3) is 0 Å². The maximum Gasteiger partial charge on any atom is 0.147 e. The molecule has 0 bridgehead atoms. The Morgan fingerprint density at radius 3 is 2.89 bits per heavy atom. The molecule has 0 amide bonds. The molecule has 0 saturated heterocycles. The summed E-state index contributed by atoms with van der Waals surface area (Å²) in [6, 6.07) is 6.32. The van der Waals surface area contributed by atoms with E-state index in [-0.39, 0.29) is 11.8 Å². The van der Waals surface area contributed by atoms with Crippen molar-refractivity contribution in [1.82, 2.24) is 5.32 Å². The van der Waals surface area contributed by atoms with Crippen molar-refractivity contribution in [2.75, 3.05) is 25.7 Å². The average Bonchev–Trinajstić information content (AvgIpc) is 2.37. The van der Waals surface area contributed by atoms with Crippen molar-refractivity contribution < 1.29 is 13.2 Å². The monoisotopic (exact) mass is 283 g/mol. The summed E-state index contributed by atoms with van der Waals surface area (Å²) in [5.41, 5.74) is 2.51.